The summed E-state index contributed by atoms with van der Waals surface area (Å²) in [7, 11) is -1.51. The number of carbonyl (C=O) groups is 1. The molecule has 1 unspecified atom stereocenters. The number of sulfone groups is 1. The average Bonchev–Trinajstić information content (AvgIpc) is 2.49. The largest absolute Gasteiger partial charge is 0.326 e. The first kappa shape index (κ1) is 17.7. The highest BCUT2D eigenvalue weighted by Crippen LogP contribution is 2.22. The zero-order chi connectivity index (χ0) is 17.0. The summed E-state index contributed by atoms with van der Waals surface area (Å²) in [6, 6.07) is 6.23. The molecule has 126 valence electrons. The van der Waals surface area contributed by atoms with Gasteiger partial charge in [-0.25, -0.2) is 8.42 Å². The SMILES string of the molecule is C=CC(N1CCN(C)CC1)S(=O)(=O)c1ccc(NC(C)=O)cc1. The quantitative estimate of drug-likeness (QED) is 0.817. The molecule has 1 amide bonds. The van der Waals surface area contributed by atoms with Gasteiger partial charge in [0.1, 0.15) is 5.37 Å². The van der Waals surface area contributed by atoms with Crippen molar-refractivity contribution in [1.29, 1.82) is 0 Å². The topological polar surface area (TPSA) is 69.7 Å². The highest BCUT2D eigenvalue weighted by Gasteiger charge is 2.32. The molecule has 1 aromatic carbocycles. The molecule has 1 fully saturated rings. The van der Waals surface area contributed by atoms with Gasteiger partial charge in [-0.05, 0) is 31.3 Å². The third kappa shape index (κ3) is 4.19. The predicted molar refractivity (Wildman–Crippen MR) is 91.0 cm³/mol. The van der Waals surface area contributed by atoms with Crippen LogP contribution in [0.5, 0.6) is 0 Å². The number of benzene rings is 1. The molecule has 2 rings (SSSR count). The Hall–Kier alpha value is -1.70. The van der Waals surface area contributed by atoms with E-state index >= 15 is 0 Å². The van der Waals surface area contributed by atoms with Gasteiger partial charge >= 0.3 is 0 Å². The monoisotopic (exact) mass is 337 g/mol. The molecule has 0 bridgehead atoms. The van der Waals surface area contributed by atoms with Gasteiger partial charge in [-0.1, -0.05) is 6.08 Å². The molecule has 6 nitrogen and oxygen atoms in total. The number of hydrogen-bond donors (Lipinski definition) is 1. The summed E-state index contributed by atoms with van der Waals surface area (Å²) in [5.41, 5.74) is 0.575. The molecule has 1 heterocycles. The third-order valence-electron chi connectivity index (χ3n) is 3.92. The Morgan fingerprint density at radius 1 is 1.22 bits per heavy atom. The van der Waals surface area contributed by atoms with E-state index < -0.39 is 15.2 Å². The lowest BCUT2D eigenvalue weighted by Crippen LogP contribution is -2.50. The molecule has 0 radical (unpaired) electrons. The van der Waals surface area contributed by atoms with E-state index in [9.17, 15) is 13.2 Å². The van der Waals surface area contributed by atoms with Crippen LogP contribution in [0, 0.1) is 0 Å². The van der Waals surface area contributed by atoms with Crippen molar-refractivity contribution in [2.24, 2.45) is 0 Å². The highest BCUT2D eigenvalue weighted by molar-refractivity contribution is 7.92. The van der Waals surface area contributed by atoms with Gasteiger partial charge in [-0.15, -0.1) is 6.58 Å². The predicted octanol–water partition coefficient (Wildman–Crippen LogP) is 1.18. The van der Waals surface area contributed by atoms with Crippen LogP contribution in [0.4, 0.5) is 5.69 Å². The maximum absolute atomic E-state index is 12.9. The lowest BCUT2D eigenvalue weighted by atomic mass is 10.3. The van der Waals surface area contributed by atoms with Gasteiger partial charge in [0.15, 0.2) is 9.84 Å². The summed E-state index contributed by atoms with van der Waals surface area (Å²) in [6.45, 7) is 8.17. The van der Waals surface area contributed by atoms with Crippen LogP contribution >= 0.6 is 0 Å². The van der Waals surface area contributed by atoms with Crippen LogP contribution in [0.2, 0.25) is 0 Å². The van der Waals surface area contributed by atoms with Crippen molar-refractivity contribution >= 4 is 21.4 Å². The average molecular weight is 337 g/mol. The summed E-state index contributed by atoms with van der Waals surface area (Å²) in [4.78, 5) is 15.4. The van der Waals surface area contributed by atoms with Crippen molar-refractivity contribution in [3.63, 3.8) is 0 Å². The van der Waals surface area contributed by atoms with Crippen molar-refractivity contribution in [3.05, 3.63) is 36.9 Å². The Morgan fingerprint density at radius 2 is 1.78 bits per heavy atom. The van der Waals surface area contributed by atoms with Crippen molar-refractivity contribution in [2.45, 2.75) is 17.2 Å². The second-order valence-electron chi connectivity index (χ2n) is 5.72. The van der Waals surface area contributed by atoms with Gasteiger partial charge in [-0.2, -0.15) is 0 Å². The van der Waals surface area contributed by atoms with E-state index in [4.69, 9.17) is 0 Å². The maximum Gasteiger partial charge on any atom is 0.221 e. The van der Waals surface area contributed by atoms with E-state index in [1.807, 2.05) is 11.9 Å². The number of nitrogens with zero attached hydrogens (tertiary/aromatic N) is 2. The second-order valence-corrected chi connectivity index (χ2v) is 7.76. The van der Waals surface area contributed by atoms with E-state index in [2.05, 4.69) is 16.8 Å². The summed E-state index contributed by atoms with van der Waals surface area (Å²) in [5.74, 6) is -0.193. The molecule has 1 atom stereocenters. The van der Waals surface area contributed by atoms with Crippen LogP contribution in [-0.4, -0.2) is 62.7 Å². The minimum Gasteiger partial charge on any atom is -0.326 e. The Labute approximate surface area is 137 Å². The minimum atomic E-state index is -3.54. The molecule has 1 saturated heterocycles. The van der Waals surface area contributed by atoms with Crippen molar-refractivity contribution in [2.75, 3.05) is 38.5 Å². The fraction of sp³-hybridized carbons (Fsp3) is 0.438. The molecule has 0 aromatic heterocycles. The standard InChI is InChI=1S/C16H23N3O3S/c1-4-16(19-11-9-18(3)10-12-19)23(21,22)15-7-5-14(6-8-15)17-13(2)20/h4-8,16H,1,9-12H2,2-3H3,(H,17,20). The molecule has 1 aromatic rings. The Balaban J connectivity index is 2.21. The second kappa shape index (κ2) is 7.25. The van der Waals surface area contributed by atoms with Gasteiger partial charge in [0.2, 0.25) is 5.91 Å². The van der Waals surface area contributed by atoms with E-state index in [1.165, 1.54) is 25.1 Å². The number of anilines is 1. The van der Waals surface area contributed by atoms with E-state index in [1.54, 1.807) is 12.1 Å². The number of nitrogens with one attached hydrogen (secondary N) is 1. The van der Waals surface area contributed by atoms with Gasteiger partial charge in [-0.3, -0.25) is 9.69 Å². The lowest BCUT2D eigenvalue weighted by molar-refractivity contribution is -0.114. The number of carbonyl (C=O) groups excluding carboxylic acids is 1. The molecular weight excluding hydrogens is 314 g/mol. The van der Waals surface area contributed by atoms with Crippen LogP contribution in [0.15, 0.2) is 41.8 Å². The van der Waals surface area contributed by atoms with Gasteiger partial charge in [0, 0.05) is 38.8 Å². The first-order valence-electron chi connectivity index (χ1n) is 7.51. The third-order valence-corrected chi connectivity index (χ3v) is 5.98. The lowest BCUT2D eigenvalue weighted by Gasteiger charge is -2.36. The molecule has 1 aliphatic rings. The Bertz CT molecular complexity index is 662. The van der Waals surface area contributed by atoms with Crippen LogP contribution in [0.1, 0.15) is 6.92 Å². The molecule has 0 spiro atoms. The van der Waals surface area contributed by atoms with Crippen molar-refractivity contribution in [3.8, 4) is 0 Å². The molecule has 7 heteroatoms. The van der Waals surface area contributed by atoms with E-state index in [0.717, 1.165) is 13.1 Å². The van der Waals surface area contributed by atoms with E-state index in [-0.39, 0.29) is 10.8 Å². The van der Waals surface area contributed by atoms with Gasteiger partial charge in [0.25, 0.3) is 0 Å². The molecule has 0 aliphatic carbocycles. The summed E-state index contributed by atoms with van der Waals surface area (Å²) in [5, 5.41) is 1.89. The van der Waals surface area contributed by atoms with Gasteiger partial charge in [0.05, 0.1) is 4.90 Å². The molecule has 23 heavy (non-hydrogen) atoms. The number of likely N-dealkylation sites (N-methyl/N-ethyl adjacent to an activating group) is 1. The zero-order valence-corrected chi connectivity index (χ0v) is 14.3. The maximum atomic E-state index is 12.9. The molecule has 1 aliphatic heterocycles. The number of amides is 1. The first-order chi connectivity index (χ1) is 10.8. The zero-order valence-electron chi connectivity index (χ0n) is 13.5. The van der Waals surface area contributed by atoms with Crippen LogP contribution < -0.4 is 5.32 Å². The fourth-order valence-electron chi connectivity index (χ4n) is 2.62. The van der Waals surface area contributed by atoms with Crippen molar-refractivity contribution in [1.82, 2.24) is 9.80 Å². The summed E-state index contributed by atoms with van der Waals surface area (Å²) >= 11 is 0. The normalized spacial score (nSPS) is 18.3. The number of piperazine rings is 1. The molecular formula is C16H23N3O3S. The van der Waals surface area contributed by atoms with Gasteiger partial charge < -0.3 is 10.2 Å². The Kier molecular flexibility index (Phi) is 5.56. The van der Waals surface area contributed by atoms with Crippen LogP contribution in [0.25, 0.3) is 0 Å². The molecule has 1 N–H and O–H groups in total. The van der Waals surface area contributed by atoms with Crippen LogP contribution in [-0.2, 0) is 14.6 Å². The Morgan fingerprint density at radius 3 is 2.26 bits per heavy atom. The minimum absolute atomic E-state index is 0.193. The van der Waals surface area contributed by atoms with Crippen LogP contribution in [0.3, 0.4) is 0 Å². The molecule has 0 saturated carbocycles. The highest BCUT2D eigenvalue weighted by atomic mass is 32.2. The fourth-order valence-corrected chi connectivity index (χ4v) is 4.27. The first-order valence-corrected chi connectivity index (χ1v) is 9.06. The van der Waals surface area contributed by atoms with Crippen molar-refractivity contribution < 1.29 is 13.2 Å². The number of rotatable bonds is 5. The summed E-state index contributed by atoms with van der Waals surface area (Å²) in [6.07, 6.45) is 1.49. The van der Waals surface area contributed by atoms with E-state index in [0.29, 0.717) is 18.8 Å². The smallest absolute Gasteiger partial charge is 0.221 e. The number of hydrogen-bond acceptors (Lipinski definition) is 5. The summed E-state index contributed by atoms with van der Waals surface area (Å²) < 4.78 is 25.7.